The molecule has 0 spiro atoms. The van der Waals surface area contributed by atoms with Crippen LogP contribution < -0.4 is 5.32 Å². The number of aromatic nitrogens is 3. The van der Waals surface area contributed by atoms with E-state index in [1.807, 2.05) is 30.3 Å². The van der Waals surface area contributed by atoms with E-state index >= 15 is 0 Å². The van der Waals surface area contributed by atoms with E-state index < -0.39 is 0 Å². The summed E-state index contributed by atoms with van der Waals surface area (Å²) < 4.78 is 1.76. The topological polar surface area (TPSA) is 59.8 Å². The summed E-state index contributed by atoms with van der Waals surface area (Å²) in [6.45, 7) is 0.611. The third-order valence-electron chi connectivity index (χ3n) is 3.08. The summed E-state index contributed by atoms with van der Waals surface area (Å²) in [4.78, 5) is 16.0. The van der Waals surface area contributed by atoms with Crippen molar-refractivity contribution in [2.75, 3.05) is 5.32 Å². The van der Waals surface area contributed by atoms with Crippen molar-refractivity contribution in [2.24, 2.45) is 0 Å². The van der Waals surface area contributed by atoms with Crippen molar-refractivity contribution in [2.45, 2.75) is 6.54 Å². The first-order chi connectivity index (χ1) is 10.3. The summed E-state index contributed by atoms with van der Waals surface area (Å²) in [5.41, 5.74) is 1.69. The van der Waals surface area contributed by atoms with Gasteiger partial charge in [-0.25, -0.2) is 4.68 Å². The fraction of sp³-hybridized carbons (Fsp3) is 0.0625. The molecule has 0 aliphatic carbocycles. The van der Waals surface area contributed by atoms with E-state index in [1.54, 1.807) is 41.5 Å². The molecule has 3 aromatic rings. The van der Waals surface area contributed by atoms with Gasteiger partial charge in [0, 0.05) is 24.0 Å². The molecular weight excluding hydrogens is 264 g/mol. The summed E-state index contributed by atoms with van der Waals surface area (Å²) in [7, 11) is 0. The molecule has 0 saturated carbocycles. The Morgan fingerprint density at radius 3 is 2.52 bits per heavy atom. The number of nitrogens with zero attached hydrogens (tertiary/aromatic N) is 3. The molecule has 2 heterocycles. The number of pyridine rings is 1. The summed E-state index contributed by atoms with van der Waals surface area (Å²) in [6.07, 6.45) is 4.86. The van der Waals surface area contributed by atoms with Gasteiger partial charge >= 0.3 is 0 Å². The van der Waals surface area contributed by atoms with Crippen LogP contribution in [0.2, 0.25) is 0 Å². The fourth-order valence-electron chi connectivity index (χ4n) is 2.01. The number of benzene rings is 1. The third-order valence-corrected chi connectivity index (χ3v) is 3.08. The normalized spacial score (nSPS) is 10.3. The highest BCUT2D eigenvalue weighted by Crippen LogP contribution is 2.11. The predicted octanol–water partition coefficient (Wildman–Crippen LogP) is 2.58. The van der Waals surface area contributed by atoms with Gasteiger partial charge in [0.2, 0.25) is 0 Å². The van der Waals surface area contributed by atoms with Crippen LogP contribution in [0.3, 0.4) is 0 Å². The number of anilines is 1. The Morgan fingerprint density at radius 2 is 1.76 bits per heavy atom. The monoisotopic (exact) mass is 278 g/mol. The van der Waals surface area contributed by atoms with E-state index in [9.17, 15) is 4.79 Å². The molecule has 5 heteroatoms. The van der Waals surface area contributed by atoms with Gasteiger partial charge in [-0.05, 0) is 17.7 Å². The Hall–Kier alpha value is -2.95. The van der Waals surface area contributed by atoms with Gasteiger partial charge in [-0.15, -0.1) is 0 Å². The van der Waals surface area contributed by atoms with Gasteiger partial charge in [-0.1, -0.05) is 30.3 Å². The van der Waals surface area contributed by atoms with E-state index in [-0.39, 0.29) is 5.91 Å². The van der Waals surface area contributed by atoms with Gasteiger partial charge in [-0.3, -0.25) is 9.78 Å². The molecule has 0 saturated heterocycles. The molecule has 21 heavy (non-hydrogen) atoms. The lowest BCUT2D eigenvalue weighted by molar-refractivity contribution is 0.102. The number of nitrogens with one attached hydrogen (secondary N) is 1. The summed E-state index contributed by atoms with van der Waals surface area (Å²) >= 11 is 0. The molecule has 0 radical (unpaired) electrons. The lowest BCUT2D eigenvalue weighted by Gasteiger charge is -2.09. The minimum Gasteiger partial charge on any atom is -0.307 e. The molecule has 1 aromatic carbocycles. The summed E-state index contributed by atoms with van der Waals surface area (Å²) in [5, 5.41) is 7.11. The van der Waals surface area contributed by atoms with E-state index in [0.29, 0.717) is 17.9 Å². The lowest BCUT2D eigenvalue weighted by atomic mass is 10.2. The van der Waals surface area contributed by atoms with Crippen LogP contribution in [-0.4, -0.2) is 20.7 Å². The second-order valence-corrected chi connectivity index (χ2v) is 4.55. The zero-order valence-electron chi connectivity index (χ0n) is 11.3. The molecule has 0 atom stereocenters. The maximum Gasteiger partial charge on any atom is 0.256 e. The first-order valence-corrected chi connectivity index (χ1v) is 6.60. The molecule has 0 unspecified atom stereocenters. The number of amides is 1. The van der Waals surface area contributed by atoms with Gasteiger partial charge in [-0.2, -0.15) is 5.10 Å². The first-order valence-electron chi connectivity index (χ1n) is 6.60. The maximum atomic E-state index is 12.1. The van der Waals surface area contributed by atoms with Crippen molar-refractivity contribution in [1.29, 1.82) is 0 Å². The molecule has 1 N–H and O–H groups in total. The molecule has 0 aliphatic rings. The number of carbonyl (C=O) groups excluding carboxylic acids is 1. The van der Waals surface area contributed by atoms with Crippen molar-refractivity contribution in [3.8, 4) is 0 Å². The van der Waals surface area contributed by atoms with Gasteiger partial charge in [0.1, 0.15) is 5.82 Å². The Balaban J connectivity index is 1.75. The predicted molar refractivity (Wildman–Crippen MR) is 80.0 cm³/mol. The molecule has 104 valence electrons. The standard InChI is InChI=1S/C16H14N4O/c21-16(14-6-9-17-10-7-14)19-15-8-11-18-20(15)12-13-4-2-1-3-5-13/h1-11H,12H2,(H,19,21). The Labute approximate surface area is 122 Å². The Morgan fingerprint density at radius 1 is 1.00 bits per heavy atom. The van der Waals surface area contributed by atoms with Gasteiger partial charge in [0.05, 0.1) is 12.7 Å². The van der Waals surface area contributed by atoms with Crippen LogP contribution in [0.25, 0.3) is 0 Å². The van der Waals surface area contributed by atoms with E-state index in [0.717, 1.165) is 5.56 Å². The van der Waals surface area contributed by atoms with E-state index in [1.165, 1.54) is 0 Å². The Kier molecular flexibility index (Phi) is 3.73. The maximum absolute atomic E-state index is 12.1. The number of hydrogen-bond acceptors (Lipinski definition) is 3. The summed E-state index contributed by atoms with van der Waals surface area (Å²) in [6, 6.07) is 15.1. The van der Waals surface area contributed by atoms with Crippen LogP contribution in [0.15, 0.2) is 67.1 Å². The lowest BCUT2D eigenvalue weighted by Crippen LogP contribution is -2.16. The molecule has 5 nitrogen and oxygen atoms in total. The van der Waals surface area contributed by atoms with Crippen LogP contribution in [0.5, 0.6) is 0 Å². The van der Waals surface area contributed by atoms with Crippen molar-refractivity contribution in [3.05, 3.63) is 78.2 Å². The SMILES string of the molecule is O=C(Nc1ccnn1Cc1ccccc1)c1ccncc1. The average Bonchev–Trinajstić information content (AvgIpc) is 2.96. The van der Waals surface area contributed by atoms with Gasteiger partial charge in [0.25, 0.3) is 5.91 Å². The Bertz CT molecular complexity index is 722. The van der Waals surface area contributed by atoms with Crippen molar-refractivity contribution in [1.82, 2.24) is 14.8 Å². The zero-order chi connectivity index (χ0) is 14.5. The first kappa shape index (κ1) is 13.1. The third kappa shape index (κ3) is 3.14. The van der Waals surface area contributed by atoms with Crippen molar-refractivity contribution < 1.29 is 4.79 Å². The van der Waals surface area contributed by atoms with Crippen LogP contribution in [0.1, 0.15) is 15.9 Å². The minimum absolute atomic E-state index is 0.174. The fourth-order valence-corrected chi connectivity index (χ4v) is 2.01. The van der Waals surface area contributed by atoms with Crippen molar-refractivity contribution in [3.63, 3.8) is 0 Å². The molecular formula is C16H14N4O. The number of carbonyl (C=O) groups is 1. The molecule has 0 fully saturated rings. The smallest absolute Gasteiger partial charge is 0.256 e. The van der Waals surface area contributed by atoms with Gasteiger partial charge < -0.3 is 5.32 Å². The summed E-state index contributed by atoms with van der Waals surface area (Å²) in [5.74, 6) is 0.493. The molecule has 2 aromatic heterocycles. The number of hydrogen-bond donors (Lipinski definition) is 1. The highest BCUT2D eigenvalue weighted by atomic mass is 16.1. The molecule has 1 amide bonds. The molecule has 0 aliphatic heterocycles. The largest absolute Gasteiger partial charge is 0.307 e. The minimum atomic E-state index is -0.174. The van der Waals surface area contributed by atoms with Crippen LogP contribution in [-0.2, 0) is 6.54 Å². The highest BCUT2D eigenvalue weighted by Gasteiger charge is 2.09. The van der Waals surface area contributed by atoms with Crippen molar-refractivity contribution >= 4 is 11.7 Å². The average molecular weight is 278 g/mol. The van der Waals surface area contributed by atoms with Crippen LogP contribution in [0.4, 0.5) is 5.82 Å². The van der Waals surface area contributed by atoms with Crippen LogP contribution in [0, 0.1) is 0 Å². The highest BCUT2D eigenvalue weighted by molar-refractivity contribution is 6.03. The van der Waals surface area contributed by atoms with E-state index in [4.69, 9.17) is 0 Å². The second-order valence-electron chi connectivity index (χ2n) is 4.55. The number of rotatable bonds is 4. The van der Waals surface area contributed by atoms with Gasteiger partial charge in [0.15, 0.2) is 0 Å². The quantitative estimate of drug-likeness (QED) is 0.798. The molecule has 3 rings (SSSR count). The van der Waals surface area contributed by atoms with E-state index in [2.05, 4.69) is 15.4 Å². The second kappa shape index (κ2) is 6.00. The van der Waals surface area contributed by atoms with Crippen LogP contribution >= 0.6 is 0 Å². The molecule has 0 bridgehead atoms. The zero-order valence-corrected chi connectivity index (χ0v) is 11.3.